The van der Waals surface area contributed by atoms with E-state index in [9.17, 15) is 4.39 Å². The van der Waals surface area contributed by atoms with E-state index in [0.717, 1.165) is 24.6 Å². The number of rotatable bonds is 2. The monoisotopic (exact) mass is 180 g/mol. The second-order valence-electron chi connectivity index (χ2n) is 2.44. The van der Waals surface area contributed by atoms with Crippen LogP contribution in [0.4, 0.5) is 4.39 Å². The van der Waals surface area contributed by atoms with Crippen molar-refractivity contribution < 1.29 is 4.39 Å². The van der Waals surface area contributed by atoms with Gasteiger partial charge in [-0.15, -0.1) is 0 Å². The van der Waals surface area contributed by atoms with Crippen LogP contribution in [0.25, 0.3) is 0 Å². The van der Waals surface area contributed by atoms with Gasteiger partial charge in [0.1, 0.15) is 5.67 Å². The fourth-order valence-corrected chi connectivity index (χ4v) is 1.69. The van der Waals surface area contributed by atoms with Gasteiger partial charge in [-0.05, 0) is 25.7 Å². The quantitative estimate of drug-likeness (QED) is 0.574. The summed E-state index contributed by atoms with van der Waals surface area (Å²) in [6.45, 7) is 0. The van der Waals surface area contributed by atoms with Crippen LogP contribution in [0.1, 0.15) is 25.7 Å². The summed E-state index contributed by atoms with van der Waals surface area (Å²) in [5.74, 6) is 0. The van der Waals surface area contributed by atoms with Crippen molar-refractivity contribution in [2.45, 2.75) is 31.4 Å². The van der Waals surface area contributed by atoms with Crippen LogP contribution in [-0.2, 0) is 0 Å². The van der Waals surface area contributed by atoms with E-state index < -0.39 is 5.67 Å². The summed E-state index contributed by atoms with van der Waals surface area (Å²) in [5, 5.41) is 0.809. The van der Waals surface area contributed by atoms with Crippen LogP contribution in [0.3, 0.4) is 0 Å². The van der Waals surface area contributed by atoms with Crippen molar-refractivity contribution in [1.82, 2.24) is 0 Å². The maximum atomic E-state index is 12.9. The first-order valence-corrected chi connectivity index (χ1v) is 4.14. The molecule has 1 saturated carbocycles. The van der Waals surface area contributed by atoms with Gasteiger partial charge in [-0.1, -0.05) is 15.9 Å². The van der Waals surface area contributed by atoms with E-state index in [0.29, 0.717) is 6.42 Å². The van der Waals surface area contributed by atoms with Crippen molar-refractivity contribution in [2.24, 2.45) is 0 Å². The van der Waals surface area contributed by atoms with Gasteiger partial charge in [0.2, 0.25) is 0 Å². The van der Waals surface area contributed by atoms with Crippen LogP contribution >= 0.6 is 15.9 Å². The predicted octanol–water partition coefficient (Wildman–Crippen LogP) is 2.66. The van der Waals surface area contributed by atoms with Crippen LogP contribution < -0.4 is 0 Å². The van der Waals surface area contributed by atoms with Crippen LogP contribution in [0.5, 0.6) is 0 Å². The highest BCUT2D eigenvalue weighted by Crippen LogP contribution is 2.38. The fourth-order valence-electron chi connectivity index (χ4n) is 0.980. The SMILES string of the molecule is FC1(CCBr)CCC1. The van der Waals surface area contributed by atoms with E-state index in [2.05, 4.69) is 15.9 Å². The highest BCUT2D eigenvalue weighted by molar-refractivity contribution is 9.09. The van der Waals surface area contributed by atoms with Crippen molar-refractivity contribution in [3.8, 4) is 0 Å². The third kappa shape index (κ3) is 1.22. The lowest BCUT2D eigenvalue weighted by Gasteiger charge is -2.33. The summed E-state index contributed by atoms with van der Waals surface area (Å²) in [6, 6.07) is 0. The Morgan fingerprint density at radius 1 is 1.50 bits per heavy atom. The Morgan fingerprint density at radius 2 is 2.12 bits per heavy atom. The minimum atomic E-state index is -0.774. The van der Waals surface area contributed by atoms with Crippen molar-refractivity contribution in [2.75, 3.05) is 5.33 Å². The summed E-state index contributed by atoms with van der Waals surface area (Å²) in [7, 11) is 0. The second-order valence-corrected chi connectivity index (χ2v) is 3.24. The van der Waals surface area contributed by atoms with E-state index in [4.69, 9.17) is 0 Å². The predicted molar refractivity (Wildman–Crippen MR) is 36.1 cm³/mol. The third-order valence-electron chi connectivity index (χ3n) is 1.79. The molecule has 2 heteroatoms. The van der Waals surface area contributed by atoms with E-state index in [1.807, 2.05) is 0 Å². The summed E-state index contributed by atoms with van der Waals surface area (Å²) < 4.78 is 12.9. The first-order valence-electron chi connectivity index (χ1n) is 3.02. The minimum absolute atomic E-state index is 0.701. The van der Waals surface area contributed by atoms with E-state index >= 15 is 0 Å². The molecule has 0 aromatic rings. The molecule has 0 aliphatic heterocycles. The Kier molecular flexibility index (Phi) is 1.91. The molecule has 0 aromatic carbocycles. The standard InChI is InChI=1S/C6H10BrF/c7-5-4-6(8)2-1-3-6/h1-5H2. The Balaban J connectivity index is 2.20. The normalized spacial score (nSPS) is 24.8. The Labute approximate surface area is 57.6 Å². The lowest BCUT2D eigenvalue weighted by atomic mass is 9.80. The van der Waals surface area contributed by atoms with Gasteiger partial charge in [-0.2, -0.15) is 0 Å². The Hall–Kier alpha value is 0.410. The molecule has 0 amide bonds. The molecule has 0 heterocycles. The van der Waals surface area contributed by atoms with Crippen LogP contribution in [0.15, 0.2) is 0 Å². The molecule has 0 spiro atoms. The average Bonchev–Trinajstić information content (AvgIpc) is 1.64. The van der Waals surface area contributed by atoms with Crippen LogP contribution in [0.2, 0.25) is 0 Å². The van der Waals surface area contributed by atoms with Gasteiger partial charge in [-0.25, -0.2) is 4.39 Å². The molecule has 0 nitrogen and oxygen atoms in total. The maximum Gasteiger partial charge on any atom is 0.111 e. The minimum Gasteiger partial charge on any atom is -0.244 e. The van der Waals surface area contributed by atoms with E-state index in [1.54, 1.807) is 0 Å². The second kappa shape index (κ2) is 2.34. The molecule has 0 atom stereocenters. The van der Waals surface area contributed by atoms with Gasteiger partial charge >= 0.3 is 0 Å². The highest BCUT2D eigenvalue weighted by atomic mass is 79.9. The smallest absolute Gasteiger partial charge is 0.111 e. The summed E-state index contributed by atoms with van der Waals surface area (Å²) in [5.41, 5.74) is -0.774. The molecule has 8 heavy (non-hydrogen) atoms. The van der Waals surface area contributed by atoms with Gasteiger partial charge in [0.25, 0.3) is 0 Å². The van der Waals surface area contributed by atoms with Gasteiger partial charge in [0.05, 0.1) is 0 Å². The summed E-state index contributed by atoms with van der Waals surface area (Å²) in [6.07, 6.45) is 3.37. The molecule has 1 rings (SSSR count). The summed E-state index contributed by atoms with van der Waals surface area (Å²) >= 11 is 3.22. The highest BCUT2D eigenvalue weighted by Gasteiger charge is 2.35. The van der Waals surface area contributed by atoms with Gasteiger partial charge in [0.15, 0.2) is 0 Å². The fraction of sp³-hybridized carbons (Fsp3) is 1.00. The molecule has 0 N–H and O–H groups in total. The molecule has 0 aromatic heterocycles. The maximum absolute atomic E-state index is 12.9. The molecule has 0 bridgehead atoms. The molecule has 48 valence electrons. The van der Waals surface area contributed by atoms with E-state index in [-0.39, 0.29) is 0 Å². The topological polar surface area (TPSA) is 0 Å². The van der Waals surface area contributed by atoms with E-state index in [1.165, 1.54) is 0 Å². The number of hydrogen-bond acceptors (Lipinski definition) is 0. The molecule has 1 aliphatic carbocycles. The van der Waals surface area contributed by atoms with Crippen molar-refractivity contribution >= 4 is 15.9 Å². The molecular formula is C6H10BrF. The van der Waals surface area contributed by atoms with Crippen molar-refractivity contribution in [3.05, 3.63) is 0 Å². The number of hydrogen-bond donors (Lipinski definition) is 0. The molecule has 1 fully saturated rings. The third-order valence-corrected chi connectivity index (χ3v) is 2.19. The van der Waals surface area contributed by atoms with Gasteiger partial charge in [-0.3, -0.25) is 0 Å². The van der Waals surface area contributed by atoms with Gasteiger partial charge in [0, 0.05) is 5.33 Å². The van der Waals surface area contributed by atoms with Crippen LogP contribution in [0, 0.1) is 0 Å². The average molecular weight is 181 g/mol. The zero-order chi connectivity index (χ0) is 6.04. The number of alkyl halides is 2. The molecule has 0 saturated heterocycles. The molecule has 0 unspecified atom stereocenters. The van der Waals surface area contributed by atoms with Crippen molar-refractivity contribution in [1.29, 1.82) is 0 Å². The lowest BCUT2D eigenvalue weighted by Crippen LogP contribution is -2.31. The molecular weight excluding hydrogens is 171 g/mol. The molecule has 0 radical (unpaired) electrons. The first-order chi connectivity index (χ1) is 3.77. The van der Waals surface area contributed by atoms with Crippen molar-refractivity contribution in [3.63, 3.8) is 0 Å². The lowest BCUT2D eigenvalue weighted by molar-refractivity contribution is 0.0611. The number of halogens is 2. The van der Waals surface area contributed by atoms with Crippen LogP contribution in [-0.4, -0.2) is 11.0 Å². The summed E-state index contributed by atoms with van der Waals surface area (Å²) in [4.78, 5) is 0. The Morgan fingerprint density at radius 3 is 2.25 bits per heavy atom. The zero-order valence-corrected chi connectivity index (χ0v) is 6.38. The zero-order valence-electron chi connectivity index (χ0n) is 4.79. The first kappa shape index (κ1) is 6.53. The largest absolute Gasteiger partial charge is 0.244 e. The molecule has 1 aliphatic rings. The van der Waals surface area contributed by atoms with Gasteiger partial charge < -0.3 is 0 Å². The Bertz CT molecular complexity index is 78.6.